The highest BCUT2D eigenvalue weighted by Gasteiger charge is 2.09. The molecule has 20 heavy (non-hydrogen) atoms. The van der Waals surface area contributed by atoms with E-state index >= 15 is 0 Å². The molecule has 2 aromatic rings. The van der Waals surface area contributed by atoms with Crippen molar-refractivity contribution in [2.45, 2.75) is 13.8 Å². The van der Waals surface area contributed by atoms with Gasteiger partial charge in [0.2, 0.25) is 6.08 Å². The predicted octanol–water partition coefficient (Wildman–Crippen LogP) is 3.52. The molecule has 0 aliphatic rings. The number of nitrogens with zero attached hydrogens (tertiary/aromatic N) is 1. The molecule has 0 saturated carbocycles. The van der Waals surface area contributed by atoms with Crippen molar-refractivity contribution in [1.82, 2.24) is 0 Å². The zero-order valence-electron chi connectivity index (χ0n) is 11.3. The van der Waals surface area contributed by atoms with Crippen LogP contribution >= 0.6 is 0 Å². The molecular weight excluding hydrogens is 252 g/mol. The van der Waals surface area contributed by atoms with E-state index in [4.69, 9.17) is 0 Å². The quantitative estimate of drug-likeness (QED) is 0.682. The van der Waals surface area contributed by atoms with Gasteiger partial charge in [0.1, 0.15) is 0 Å². The number of carbonyl (C=O) groups is 1. The van der Waals surface area contributed by atoms with Crippen LogP contribution in [0.1, 0.15) is 21.5 Å². The highest BCUT2D eigenvalue weighted by molar-refractivity contribution is 6.05. The molecule has 2 aromatic carbocycles. The topological polar surface area (TPSA) is 58.5 Å². The van der Waals surface area contributed by atoms with Crippen LogP contribution in [0.3, 0.4) is 0 Å². The fraction of sp³-hybridized carbons (Fsp3) is 0.125. The number of hydrogen-bond acceptors (Lipinski definition) is 3. The third-order valence-electron chi connectivity index (χ3n) is 3.00. The van der Waals surface area contributed by atoms with Crippen molar-refractivity contribution in [3.05, 3.63) is 59.2 Å². The molecule has 0 bridgehead atoms. The Balaban J connectivity index is 2.28. The molecule has 0 aliphatic heterocycles. The van der Waals surface area contributed by atoms with Crippen LogP contribution in [0.15, 0.2) is 47.5 Å². The van der Waals surface area contributed by atoms with Crippen molar-refractivity contribution in [2.24, 2.45) is 4.99 Å². The third-order valence-corrected chi connectivity index (χ3v) is 3.00. The summed E-state index contributed by atoms with van der Waals surface area (Å²) in [6.45, 7) is 3.88. The molecular formula is C16H14N2O2. The Bertz CT molecular complexity index is 681. The van der Waals surface area contributed by atoms with Crippen LogP contribution in [0.5, 0.6) is 0 Å². The van der Waals surface area contributed by atoms with Crippen LogP contribution in [-0.4, -0.2) is 12.0 Å². The van der Waals surface area contributed by atoms with E-state index < -0.39 is 0 Å². The molecule has 0 saturated heterocycles. The maximum atomic E-state index is 12.2. The molecule has 0 aliphatic carbocycles. The van der Waals surface area contributed by atoms with Gasteiger partial charge in [0, 0.05) is 11.3 Å². The Kier molecular flexibility index (Phi) is 4.08. The molecule has 4 nitrogen and oxygen atoms in total. The predicted molar refractivity (Wildman–Crippen MR) is 78.1 cm³/mol. The molecule has 0 heterocycles. The molecule has 0 radical (unpaired) electrons. The first-order chi connectivity index (χ1) is 9.61. The summed E-state index contributed by atoms with van der Waals surface area (Å²) in [6, 6.07) is 12.4. The van der Waals surface area contributed by atoms with Gasteiger partial charge in [-0.15, -0.1) is 0 Å². The molecule has 0 unspecified atom stereocenters. The maximum Gasteiger partial charge on any atom is 0.255 e. The van der Waals surface area contributed by atoms with E-state index in [2.05, 4.69) is 10.3 Å². The summed E-state index contributed by atoms with van der Waals surface area (Å²) < 4.78 is 0. The largest absolute Gasteiger partial charge is 0.322 e. The van der Waals surface area contributed by atoms with Crippen LogP contribution < -0.4 is 5.32 Å². The second-order valence-electron chi connectivity index (χ2n) is 4.47. The average Bonchev–Trinajstić information content (AvgIpc) is 2.43. The number of nitrogens with one attached hydrogen (secondary N) is 1. The minimum atomic E-state index is -0.231. The van der Waals surface area contributed by atoms with Crippen LogP contribution in [0.4, 0.5) is 11.4 Å². The fourth-order valence-electron chi connectivity index (χ4n) is 1.97. The number of carbonyl (C=O) groups excluding carboxylic acids is 2. The zero-order chi connectivity index (χ0) is 14.5. The van der Waals surface area contributed by atoms with Crippen LogP contribution in [0, 0.1) is 13.8 Å². The Morgan fingerprint density at radius 1 is 1.10 bits per heavy atom. The summed E-state index contributed by atoms with van der Waals surface area (Å²) in [5, 5.41) is 2.88. The monoisotopic (exact) mass is 266 g/mol. The van der Waals surface area contributed by atoms with Crippen molar-refractivity contribution in [1.29, 1.82) is 0 Å². The summed E-state index contributed by atoms with van der Waals surface area (Å²) in [5.74, 6) is -0.231. The summed E-state index contributed by atoms with van der Waals surface area (Å²) >= 11 is 0. The van der Waals surface area contributed by atoms with E-state index in [1.54, 1.807) is 24.3 Å². The van der Waals surface area contributed by atoms with E-state index in [9.17, 15) is 9.59 Å². The minimum absolute atomic E-state index is 0.231. The van der Waals surface area contributed by atoms with Gasteiger partial charge >= 0.3 is 0 Å². The van der Waals surface area contributed by atoms with Gasteiger partial charge in [-0.2, -0.15) is 4.99 Å². The lowest BCUT2D eigenvalue weighted by Gasteiger charge is -2.11. The van der Waals surface area contributed by atoms with Crippen LogP contribution in [-0.2, 0) is 4.79 Å². The van der Waals surface area contributed by atoms with Gasteiger partial charge in [-0.3, -0.25) is 4.79 Å². The Labute approximate surface area is 117 Å². The standard InChI is InChI=1S/C16H14N2O2/c1-11-5-3-6-12(2)15(11)18-16(20)13-7-4-8-14(9-13)17-10-19/h3-9H,1-2H3,(H,18,20). The fourth-order valence-corrected chi connectivity index (χ4v) is 1.97. The second kappa shape index (κ2) is 5.95. The lowest BCUT2D eigenvalue weighted by Crippen LogP contribution is -2.13. The number of rotatable bonds is 3. The van der Waals surface area contributed by atoms with Crippen molar-refractivity contribution < 1.29 is 9.59 Å². The highest BCUT2D eigenvalue weighted by atomic mass is 16.1. The van der Waals surface area contributed by atoms with Gasteiger partial charge in [0.05, 0.1) is 5.69 Å². The number of amides is 1. The van der Waals surface area contributed by atoms with Gasteiger partial charge in [-0.25, -0.2) is 4.79 Å². The smallest absolute Gasteiger partial charge is 0.255 e. The number of anilines is 1. The SMILES string of the molecule is Cc1cccc(C)c1NC(=O)c1cccc(N=C=O)c1. The van der Waals surface area contributed by atoms with E-state index in [1.165, 1.54) is 6.08 Å². The summed E-state index contributed by atoms with van der Waals surface area (Å²) in [6.07, 6.45) is 1.46. The highest BCUT2D eigenvalue weighted by Crippen LogP contribution is 2.21. The number of benzene rings is 2. The molecule has 0 fully saturated rings. The van der Waals surface area contributed by atoms with Crippen LogP contribution in [0.2, 0.25) is 0 Å². The van der Waals surface area contributed by atoms with Gasteiger partial charge < -0.3 is 5.32 Å². The molecule has 1 amide bonds. The van der Waals surface area contributed by atoms with Crippen molar-refractivity contribution in [3.63, 3.8) is 0 Å². The lowest BCUT2D eigenvalue weighted by atomic mass is 10.1. The molecule has 100 valence electrons. The van der Waals surface area contributed by atoms with Gasteiger partial charge in [0.25, 0.3) is 5.91 Å². The first-order valence-electron chi connectivity index (χ1n) is 6.17. The van der Waals surface area contributed by atoms with Crippen LogP contribution in [0.25, 0.3) is 0 Å². The average molecular weight is 266 g/mol. The van der Waals surface area contributed by atoms with Gasteiger partial charge in [-0.05, 0) is 43.2 Å². The first kappa shape index (κ1) is 13.7. The van der Waals surface area contributed by atoms with E-state index in [0.29, 0.717) is 11.3 Å². The molecule has 4 heteroatoms. The number of aryl methyl sites for hydroxylation is 2. The Hall–Kier alpha value is -2.71. The summed E-state index contributed by atoms with van der Waals surface area (Å²) in [7, 11) is 0. The van der Waals surface area contributed by atoms with E-state index in [0.717, 1.165) is 16.8 Å². The normalized spacial score (nSPS) is 9.70. The van der Waals surface area contributed by atoms with E-state index in [-0.39, 0.29) is 5.91 Å². The van der Waals surface area contributed by atoms with Gasteiger partial charge in [0.15, 0.2) is 0 Å². The van der Waals surface area contributed by atoms with Crippen molar-refractivity contribution in [3.8, 4) is 0 Å². The third kappa shape index (κ3) is 2.99. The molecule has 0 aromatic heterocycles. The zero-order valence-corrected chi connectivity index (χ0v) is 11.3. The molecule has 0 atom stereocenters. The second-order valence-corrected chi connectivity index (χ2v) is 4.47. The molecule has 0 spiro atoms. The maximum absolute atomic E-state index is 12.2. The Morgan fingerprint density at radius 3 is 2.40 bits per heavy atom. The molecule has 2 rings (SSSR count). The van der Waals surface area contributed by atoms with E-state index in [1.807, 2.05) is 32.0 Å². The first-order valence-corrected chi connectivity index (χ1v) is 6.17. The molecule has 1 N–H and O–H groups in total. The number of aliphatic imine (C=N–C) groups is 1. The number of para-hydroxylation sites is 1. The summed E-state index contributed by atoms with van der Waals surface area (Å²) in [4.78, 5) is 26.0. The van der Waals surface area contributed by atoms with Gasteiger partial charge in [-0.1, -0.05) is 24.3 Å². The Morgan fingerprint density at radius 2 is 1.75 bits per heavy atom. The summed E-state index contributed by atoms with van der Waals surface area (Å²) in [5.41, 5.74) is 3.67. The number of isocyanates is 1. The lowest BCUT2D eigenvalue weighted by molar-refractivity contribution is 0.102. The minimum Gasteiger partial charge on any atom is -0.322 e. The number of hydrogen-bond donors (Lipinski definition) is 1. The van der Waals surface area contributed by atoms with Crippen molar-refractivity contribution in [2.75, 3.05) is 5.32 Å². The van der Waals surface area contributed by atoms with Crippen molar-refractivity contribution >= 4 is 23.4 Å².